The van der Waals surface area contributed by atoms with Crippen LogP contribution < -0.4 is 24.4 Å². The molecule has 4 aromatic rings. The highest BCUT2D eigenvalue weighted by molar-refractivity contribution is 14.1. The van der Waals surface area contributed by atoms with E-state index in [2.05, 4.69) is 27.6 Å². The predicted molar refractivity (Wildman–Crippen MR) is 164 cm³/mol. The number of esters is 2. The molecule has 0 bridgehead atoms. The Morgan fingerprint density at radius 2 is 1.76 bits per heavy atom. The van der Waals surface area contributed by atoms with E-state index in [9.17, 15) is 14.4 Å². The first-order chi connectivity index (χ1) is 19.8. The van der Waals surface area contributed by atoms with E-state index in [0.717, 1.165) is 9.13 Å². The van der Waals surface area contributed by atoms with Crippen LogP contribution in [0.1, 0.15) is 41.4 Å². The molecule has 1 unspecified atom stereocenters. The Morgan fingerprint density at radius 3 is 2.46 bits per heavy atom. The molecule has 0 radical (unpaired) electrons. The zero-order valence-electron chi connectivity index (χ0n) is 22.4. The minimum atomic E-state index is -0.675. The maximum atomic E-state index is 13.8. The van der Waals surface area contributed by atoms with Gasteiger partial charge in [-0.3, -0.25) is 9.36 Å². The van der Waals surface area contributed by atoms with E-state index in [0.29, 0.717) is 37.5 Å². The SMILES string of the molecule is CCOC(=O)C1=C(C)N=c2s/c(=C\c3ccc(OC(=O)c4ccccc4I)c(OC)c3)c(=O)n2C1c1ccccc1. The molecule has 0 saturated heterocycles. The minimum absolute atomic E-state index is 0.208. The van der Waals surface area contributed by atoms with E-state index in [1.807, 2.05) is 42.5 Å². The number of nitrogens with zero attached hydrogens (tertiary/aromatic N) is 2. The second-order valence-electron chi connectivity index (χ2n) is 8.99. The Balaban J connectivity index is 1.55. The van der Waals surface area contributed by atoms with Crippen LogP contribution >= 0.6 is 33.9 Å². The van der Waals surface area contributed by atoms with Crippen molar-refractivity contribution in [3.8, 4) is 11.5 Å². The van der Waals surface area contributed by atoms with Crippen LogP contribution in [0.4, 0.5) is 0 Å². The van der Waals surface area contributed by atoms with Gasteiger partial charge < -0.3 is 14.2 Å². The van der Waals surface area contributed by atoms with E-state index >= 15 is 0 Å². The van der Waals surface area contributed by atoms with Crippen molar-refractivity contribution in [2.75, 3.05) is 13.7 Å². The molecule has 0 amide bonds. The van der Waals surface area contributed by atoms with Crippen molar-refractivity contribution >= 4 is 51.9 Å². The Hall–Kier alpha value is -4.03. The summed E-state index contributed by atoms with van der Waals surface area (Å²) in [7, 11) is 1.48. The van der Waals surface area contributed by atoms with Gasteiger partial charge in [-0.15, -0.1) is 0 Å². The van der Waals surface area contributed by atoms with Crippen LogP contribution in [-0.2, 0) is 9.53 Å². The second-order valence-corrected chi connectivity index (χ2v) is 11.2. The number of rotatable bonds is 7. The number of allylic oxidation sites excluding steroid dienone is 1. The Kier molecular flexibility index (Phi) is 8.50. The summed E-state index contributed by atoms with van der Waals surface area (Å²) >= 11 is 3.31. The molecule has 2 heterocycles. The van der Waals surface area contributed by atoms with Crippen molar-refractivity contribution in [1.29, 1.82) is 0 Å². The molecule has 10 heteroatoms. The third-order valence-electron chi connectivity index (χ3n) is 6.41. The molecule has 1 aliphatic heterocycles. The third kappa shape index (κ3) is 5.75. The number of fused-ring (bicyclic) bond motifs is 1. The van der Waals surface area contributed by atoms with Crippen molar-refractivity contribution in [3.05, 3.63) is 124 Å². The molecule has 41 heavy (non-hydrogen) atoms. The summed E-state index contributed by atoms with van der Waals surface area (Å²) < 4.78 is 19.2. The number of carbonyl (C=O) groups is 2. The summed E-state index contributed by atoms with van der Waals surface area (Å²) in [6, 6.07) is 20.9. The van der Waals surface area contributed by atoms with Gasteiger partial charge in [-0.05, 0) is 77.9 Å². The van der Waals surface area contributed by atoms with Crippen LogP contribution in [0.15, 0.2) is 93.9 Å². The van der Waals surface area contributed by atoms with E-state index in [-0.39, 0.29) is 17.9 Å². The van der Waals surface area contributed by atoms with Crippen LogP contribution in [0, 0.1) is 3.57 Å². The summed E-state index contributed by atoms with van der Waals surface area (Å²) in [5.41, 5.74) is 2.44. The minimum Gasteiger partial charge on any atom is -0.493 e. The molecule has 0 saturated carbocycles. The normalized spacial score (nSPS) is 14.7. The molecule has 1 atom stereocenters. The van der Waals surface area contributed by atoms with Gasteiger partial charge in [0, 0.05) is 3.57 Å². The largest absolute Gasteiger partial charge is 0.493 e. The lowest BCUT2D eigenvalue weighted by atomic mass is 9.96. The summed E-state index contributed by atoms with van der Waals surface area (Å²) in [5.74, 6) is -0.400. The number of hydrogen-bond acceptors (Lipinski definition) is 8. The number of hydrogen-bond donors (Lipinski definition) is 0. The summed E-state index contributed by atoms with van der Waals surface area (Å²) in [6.45, 7) is 3.70. The van der Waals surface area contributed by atoms with Gasteiger partial charge in [0.2, 0.25) is 0 Å². The molecule has 0 aliphatic carbocycles. The van der Waals surface area contributed by atoms with Gasteiger partial charge in [0.05, 0.1) is 41.1 Å². The van der Waals surface area contributed by atoms with Crippen molar-refractivity contribution in [2.24, 2.45) is 4.99 Å². The molecule has 208 valence electrons. The van der Waals surface area contributed by atoms with E-state index < -0.39 is 18.0 Å². The number of aromatic nitrogens is 1. The maximum Gasteiger partial charge on any atom is 0.344 e. The number of ether oxygens (including phenoxy) is 3. The van der Waals surface area contributed by atoms with E-state index in [4.69, 9.17) is 14.2 Å². The van der Waals surface area contributed by atoms with Gasteiger partial charge >= 0.3 is 11.9 Å². The Morgan fingerprint density at radius 1 is 1.02 bits per heavy atom. The fraction of sp³-hybridized carbons (Fsp3) is 0.161. The molecule has 1 aliphatic rings. The molecule has 3 aromatic carbocycles. The quantitative estimate of drug-likeness (QED) is 0.161. The van der Waals surface area contributed by atoms with Crippen LogP contribution in [0.25, 0.3) is 6.08 Å². The second kappa shape index (κ2) is 12.2. The average molecular weight is 681 g/mol. The lowest BCUT2D eigenvalue weighted by Crippen LogP contribution is -2.39. The molecule has 5 rings (SSSR count). The number of carbonyl (C=O) groups excluding carboxylic acids is 2. The van der Waals surface area contributed by atoms with E-state index in [1.54, 1.807) is 54.8 Å². The topological polar surface area (TPSA) is 96.2 Å². The van der Waals surface area contributed by atoms with E-state index in [1.165, 1.54) is 18.4 Å². The monoisotopic (exact) mass is 680 g/mol. The van der Waals surface area contributed by atoms with Gasteiger partial charge in [0.25, 0.3) is 5.56 Å². The fourth-order valence-electron chi connectivity index (χ4n) is 4.53. The molecule has 0 spiro atoms. The van der Waals surface area contributed by atoms with Crippen molar-refractivity contribution in [2.45, 2.75) is 19.9 Å². The zero-order valence-corrected chi connectivity index (χ0v) is 25.4. The first kappa shape index (κ1) is 28.5. The van der Waals surface area contributed by atoms with Gasteiger partial charge in [-0.1, -0.05) is 59.9 Å². The molecule has 0 N–H and O–H groups in total. The smallest absolute Gasteiger partial charge is 0.344 e. The highest BCUT2D eigenvalue weighted by atomic mass is 127. The van der Waals surface area contributed by atoms with Crippen molar-refractivity contribution in [1.82, 2.24) is 4.57 Å². The lowest BCUT2D eigenvalue weighted by Gasteiger charge is -2.24. The molecule has 1 aromatic heterocycles. The van der Waals surface area contributed by atoms with Crippen LogP contribution in [0.2, 0.25) is 0 Å². The molecule has 0 fully saturated rings. The number of methoxy groups -OCH3 is 1. The average Bonchev–Trinajstić information content (AvgIpc) is 3.27. The van der Waals surface area contributed by atoms with Crippen LogP contribution in [-0.4, -0.2) is 30.2 Å². The zero-order chi connectivity index (χ0) is 29.1. The van der Waals surface area contributed by atoms with Crippen molar-refractivity contribution < 1.29 is 23.8 Å². The maximum absolute atomic E-state index is 13.8. The highest BCUT2D eigenvalue weighted by Crippen LogP contribution is 2.31. The Bertz CT molecular complexity index is 1860. The third-order valence-corrected chi connectivity index (χ3v) is 8.34. The number of halogens is 1. The van der Waals surface area contributed by atoms with Crippen molar-refractivity contribution in [3.63, 3.8) is 0 Å². The Labute approximate surface area is 253 Å². The lowest BCUT2D eigenvalue weighted by molar-refractivity contribution is -0.139. The number of benzene rings is 3. The first-order valence-electron chi connectivity index (χ1n) is 12.7. The van der Waals surface area contributed by atoms with Gasteiger partial charge in [-0.25, -0.2) is 14.6 Å². The molecular formula is C31H25IN2O6S. The summed E-state index contributed by atoms with van der Waals surface area (Å²) in [6.07, 6.45) is 1.73. The molecular weight excluding hydrogens is 655 g/mol. The highest BCUT2D eigenvalue weighted by Gasteiger charge is 2.33. The fourth-order valence-corrected chi connectivity index (χ4v) is 6.19. The van der Waals surface area contributed by atoms with Gasteiger partial charge in [-0.2, -0.15) is 0 Å². The molecule has 8 nitrogen and oxygen atoms in total. The summed E-state index contributed by atoms with van der Waals surface area (Å²) in [5, 5.41) is 0. The van der Waals surface area contributed by atoms with Crippen LogP contribution in [0.3, 0.4) is 0 Å². The van der Waals surface area contributed by atoms with Gasteiger partial charge in [0.1, 0.15) is 0 Å². The predicted octanol–water partition coefficient (Wildman–Crippen LogP) is 4.63. The summed E-state index contributed by atoms with van der Waals surface area (Å²) in [4.78, 5) is 44.6. The van der Waals surface area contributed by atoms with Crippen LogP contribution in [0.5, 0.6) is 11.5 Å². The first-order valence-corrected chi connectivity index (χ1v) is 14.6. The number of thiazole rings is 1. The van der Waals surface area contributed by atoms with Gasteiger partial charge in [0.15, 0.2) is 16.3 Å². The standard InChI is InChI=1S/C31H25IN2O6S/c1-4-39-30(37)26-18(2)33-31-34(27(26)20-10-6-5-7-11-20)28(35)25(41-31)17-19-14-15-23(24(16-19)38-3)40-29(36)21-12-8-9-13-22(21)32/h5-17,27H,4H2,1-3H3/b25-17-.